The first kappa shape index (κ1) is 17.4. The van der Waals surface area contributed by atoms with Crippen LogP contribution in [0.25, 0.3) is 0 Å². The summed E-state index contributed by atoms with van der Waals surface area (Å²) in [7, 11) is -2.77. The van der Waals surface area contributed by atoms with E-state index in [0.29, 0.717) is 19.8 Å². The molecule has 0 saturated heterocycles. The summed E-state index contributed by atoms with van der Waals surface area (Å²) < 4.78 is 18.1. The van der Waals surface area contributed by atoms with Crippen LogP contribution in [0.4, 0.5) is 0 Å². The molecule has 0 N–H and O–H groups in total. The fourth-order valence-electron chi connectivity index (χ4n) is 1.89. The van der Waals surface area contributed by atoms with Crippen molar-refractivity contribution < 1.29 is 13.3 Å². The molecule has 0 unspecified atom stereocenters. The molecule has 20 heavy (non-hydrogen) atoms. The lowest BCUT2D eigenvalue weighted by atomic mass is 9.93. The van der Waals surface area contributed by atoms with E-state index in [0.717, 1.165) is 11.6 Å². The van der Waals surface area contributed by atoms with E-state index in [4.69, 9.17) is 13.3 Å². The van der Waals surface area contributed by atoms with Crippen LogP contribution >= 0.6 is 0 Å². The Balaban J connectivity index is 2.88. The van der Waals surface area contributed by atoms with Gasteiger partial charge in [0.1, 0.15) is 0 Å². The number of hydrogen-bond acceptors (Lipinski definition) is 3. The molecule has 0 heterocycles. The molecule has 0 spiro atoms. The lowest BCUT2D eigenvalue weighted by molar-refractivity contribution is 0.0726. The summed E-state index contributed by atoms with van der Waals surface area (Å²) in [5, 5.41) is 1.04. The van der Waals surface area contributed by atoms with Gasteiger partial charge in [0.15, 0.2) is 0 Å². The van der Waals surface area contributed by atoms with Gasteiger partial charge in [-0.1, -0.05) is 51.1 Å². The average Bonchev–Trinajstić information content (AvgIpc) is 2.38. The second-order valence-electron chi connectivity index (χ2n) is 5.95. The molecule has 114 valence electrons. The Morgan fingerprint density at radius 3 is 1.90 bits per heavy atom. The Labute approximate surface area is 124 Å². The maximum absolute atomic E-state index is 6.17. The van der Waals surface area contributed by atoms with Crippen LogP contribution < -0.4 is 5.19 Å². The fraction of sp³-hybridized carbons (Fsp3) is 0.625. The van der Waals surface area contributed by atoms with Crippen molar-refractivity contribution in [2.24, 2.45) is 5.41 Å². The topological polar surface area (TPSA) is 27.7 Å². The molecule has 0 saturated carbocycles. The Hall–Kier alpha value is -0.683. The molecule has 0 aromatic heterocycles. The molecule has 1 aromatic rings. The zero-order valence-electron chi connectivity index (χ0n) is 13.4. The highest BCUT2D eigenvalue weighted by molar-refractivity contribution is 6.75. The summed E-state index contributed by atoms with van der Waals surface area (Å²) in [6.45, 7) is 12.4. The second-order valence-corrected chi connectivity index (χ2v) is 8.50. The lowest BCUT2D eigenvalue weighted by Crippen LogP contribution is -2.57. The van der Waals surface area contributed by atoms with E-state index in [1.54, 1.807) is 0 Å². The Morgan fingerprint density at radius 1 is 0.900 bits per heavy atom. The van der Waals surface area contributed by atoms with E-state index < -0.39 is 8.80 Å². The van der Waals surface area contributed by atoms with Crippen molar-refractivity contribution in [3.63, 3.8) is 0 Å². The van der Waals surface area contributed by atoms with Crippen molar-refractivity contribution in [1.29, 1.82) is 0 Å². The van der Waals surface area contributed by atoms with Gasteiger partial charge >= 0.3 is 8.80 Å². The van der Waals surface area contributed by atoms with Gasteiger partial charge in [-0.2, -0.15) is 0 Å². The minimum atomic E-state index is -2.77. The van der Waals surface area contributed by atoms with Gasteiger partial charge in [-0.25, -0.2) is 0 Å². The maximum atomic E-state index is 6.17. The SMILES string of the molecule is CCO[Si](OCC)(OCCC(C)(C)C)c1ccccc1. The van der Waals surface area contributed by atoms with Gasteiger partial charge in [-0.15, -0.1) is 0 Å². The van der Waals surface area contributed by atoms with E-state index in [1.807, 2.05) is 44.2 Å². The standard InChI is InChI=1S/C16H28O3Si/c1-6-17-20(18-7-2,15-11-9-8-10-12-15)19-14-13-16(3,4)5/h8-12H,6-7,13-14H2,1-5H3. The van der Waals surface area contributed by atoms with E-state index in [9.17, 15) is 0 Å². The van der Waals surface area contributed by atoms with Crippen LogP contribution in [0.3, 0.4) is 0 Å². The molecule has 0 radical (unpaired) electrons. The van der Waals surface area contributed by atoms with Crippen molar-refractivity contribution in [1.82, 2.24) is 0 Å². The van der Waals surface area contributed by atoms with Crippen molar-refractivity contribution >= 4 is 14.0 Å². The number of hydrogen-bond donors (Lipinski definition) is 0. The third kappa shape index (κ3) is 5.36. The number of benzene rings is 1. The fourth-order valence-corrected chi connectivity index (χ4v) is 4.37. The molecular weight excluding hydrogens is 268 g/mol. The molecule has 3 nitrogen and oxygen atoms in total. The Morgan fingerprint density at radius 2 is 1.45 bits per heavy atom. The molecule has 0 atom stereocenters. The number of rotatable bonds is 8. The van der Waals surface area contributed by atoms with Crippen molar-refractivity contribution in [2.45, 2.75) is 41.0 Å². The molecule has 0 fully saturated rings. The van der Waals surface area contributed by atoms with Crippen LogP contribution in [-0.4, -0.2) is 28.6 Å². The zero-order chi connectivity index (χ0) is 15.1. The molecule has 0 amide bonds. The molecular formula is C16H28O3Si. The van der Waals surface area contributed by atoms with Crippen LogP contribution in [0, 0.1) is 5.41 Å². The quantitative estimate of drug-likeness (QED) is 0.689. The van der Waals surface area contributed by atoms with Gasteiger partial charge in [-0.05, 0) is 25.7 Å². The summed E-state index contributed by atoms with van der Waals surface area (Å²) in [4.78, 5) is 0. The summed E-state index contributed by atoms with van der Waals surface area (Å²) in [5.41, 5.74) is 0.245. The first-order valence-electron chi connectivity index (χ1n) is 7.41. The van der Waals surface area contributed by atoms with E-state index in [1.165, 1.54) is 0 Å². The molecule has 4 heteroatoms. The third-order valence-electron chi connectivity index (χ3n) is 2.94. The summed E-state index contributed by atoms with van der Waals surface area (Å²) >= 11 is 0. The summed E-state index contributed by atoms with van der Waals surface area (Å²) in [5.74, 6) is 0. The predicted molar refractivity (Wildman–Crippen MR) is 85.1 cm³/mol. The van der Waals surface area contributed by atoms with E-state index in [2.05, 4.69) is 20.8 Å². The van der Waals surface area contributed by atoms with Gasteiger partial charge < -0.3 is 13.3 Å². The van der Waals surface area contributed by atoms with Crippen molar-refractivity contribution in [3.8, 4) is 0 Å². The van der Waals surface area contributed by atoms with Crippen molar-refractivity contribution in [2.75, 3.05) is 19.8 Å². The monoisotopic (exact) mass is 296 g/mol. The molecule has 0 aliphatic heterocycles. The van der Waals surface area contributed by atoms with Gasteiger partial charge in [0.05, 0.1) is 0 Å². The largest absolute Gasteiger partial charge is 0.537 e. The summed E-state index contributed by atoms with van der Waals surface area (Å²) in [6, 6.07) is 10.1. The smallest absolute Gasteiger partial charge is 0.370 e. The van der Waals surface area contributed by atoms with Gasteiger partial charge in [0.2, 0.25) is 0 Å². The molecule has 0 bridgehead atoms. The minimum Gasteiger partial charge on any atom is -0.370 e. The van der Waals surface area contributed by atoms with Crippen LogP contribution in [-0.2, 0) is 13.3 Å². The van der Waals surface area contributed by atoms with Gasteiger partial charge in [0, 0.05) is 25.0 Å². The highest BCUT2D eigenvalue weighted by Gasteiger charge is 2.43. The molecule has 0 aliphatic rings. The highest BCUT2D eigenvalue weighted by atomic mass is 28.4. The lowest BCUT2D eigenvalue weighted by Gasteiger charge is -2.30. The van der Waals surface area contributed by atoms with Crippen LogP contribution in [0.1, 0.15) is 41.0 Å². The first-order valence-corrected chi connectivity index (χ1v) is 9.13. The van der Waals surface area contributed by atoms with Crippen LogP contribution in [0.5, 0.6) is 0 Å². The molecule has 1 aromatic carbocycles. The first-order chi connectivity index (χ1) is 9.43. The third-order valence-corrected chi connectivity index (χ3v) is 5.90. The van der Waals surface area contributed by atoms with Gasteiger partial charge in [0.25, 0.3) is 0 Å². The normalized spacial score (nSPS) is 12.7. The minimum absolute atomic E-state index is 0.245. The van der Waals surface area contributed by atoms with E-state index in [-0.39, 0.29) is 5.41 Å². The Kier molecular flexibility index (Phi) is 6.89. The van der Waals surface area contributed by atoms with E-state index >= 15 is 0 Å². The average molecular weight is 296 g/mol. The molecule has 0 aliphatic carbocycles. The van der Waals surface area contributed by atoms with Crippen LogP contribution in [0.15, 0.2) is 30.3 Å². The summed E-state index contributed by atoms with van der Waals surface area (Å²) in [6.07, 6.45) is 0.981. The van der Waals surface area contributed by atoms with Crippen molar-refractivity contribution in [3.05, 3.63) is 30.3 Å². The zero-order valence-corrected chi connectivity index (χ0v) is 14.4. The highest BCUT2D eigenvalue weighted by Crippen LogP contribution is 2.20. The second kappa shape index (κ2) is 7.93. The maximum Gasteiger partial charge on any atom is 0.537 e. The van der Waals surface area contributed by atoms with Crippen LogP contribution in [0.2, 0.25) is 0 Å². The van der Waals surface area contributed by atoms with Gasteiger partial charge in [-0.3, -0.25) is 0 Å². The Bertz CT molecular complexity index is 367. The molecule has 1 rings (SSSR count). The predicted octanol–water partition coefficient (Wildman–Crippen LogP) is 3.36.